The molecule has 94 valence electrons. The fourth-order valence-electron chi connectivity index (χ4n) is 1.55. The second-order valence-corrected chi connectivity index (χ2v) is 4.69. The highest BCUT2D eigenvalue weighted by atomic mass is 35.5. The third-order valence-electron chi connectivity index (χ3n) is 2.56. The van der Waals surface area contributed by atoms with Gasteiger partial charge in [-0.15, -0.1) is 0 Å². The number of hydrogen-bond acceptors (Lipinski definition) is 3. The minimum absolute atomic E-state index is 0.190. The maximum Gasteiger partial charge on any atom is 0.323 e. The normalized spacial score (nSPS) is 12.5. The minimum atomic E-state index is -0.282. The highest BCUT2D eigenvalue weighted by Gasteiger charge is 2.21. The Hall–Kier alpha value is -1.06. The number of hydrogen-bond donors (Lipinski definition) is 1. The van der Waals surface area contributed by atoms with Gasteiger partial charge in [-0.2, -0.15) is 0 Å². The highest BCUT2D eigenvalue weighted by Crippen LogP contribution is 2.10. The van der Waals surface area contributed by atoms with E-state index in [1.807, 2.05) is 38.1 Å². The van der Waals surface area contributed by atoms with Crippen molar-refractivity contribution in [3.8, 4) is 0 Å². The van der Waals surface area contributed by atoms with Gasteiger partial charge in [0.2, 0.25) is 0 Å². The van der Waals surface area contributed by atoms with Crippen molar-refractivity contribution in [1.29, 1.82) is 0 Å². The van der Waals surface area contributed by atoms with Crippen LogP contribution < -0.4 is 5.32 Å². The molecule has 3 nitrogen and oxygen atoms in total. The Labute approximate surface area is 107 Å². The summed E-state index contributed by atoms with van der Waals surface area (Å²) in [6, 6.07) is 7.26. The first-order valence-corrected chi connectivity index (χ1v) is 5.98. The lowest BCUT2D eigenvalue weighted by Crippen LogP contribution is -2.41. The number of benzene rings is 1. The Morgan fingerprint density at radius 1 is 1.35 bits per heavy atom. The van der Waals surface area contributed by atoms with Crippen LogP contribution in [0.4, 0.5) is 0 Å². The van der Waals surface area contributed by atoms with Gasteiger partial charge in [0.15, 0.2) is 0 Å². The predicted molar refractivity (Wildman–Crippen MR) is 68.9 cm³/mol. The van der Waals surface area contributed by atoms with Crippen LogP contribution in [0, 0.1) is 5.92 Å². The standard InChI is InChI=1S/C13H18ClNO2/c1-9(2)12(13(16)17-3)15-8-10-4-6-11(14)7-5-10/h4-7,9,12,15H,8H2,1-3H3. The molecule has 0 heterocycles. The molecule has 0 saturated carbocycles. The molecule has 0 aliphatic rings. The Balaban J connectivity index is 2.58. The zero-order valence-electron chi connectivity index (χ0n) is 10.4. The fraction of sp³-hybridized carbons (Fsp3) is 0.462. The largest absolute Gasteiger partial charge is 0.468 e. The van der Waals surface area contributed by atoms with Crippen LogP contribution in [0.25, 0.3) is 0 Å². The van der Waals surface area contributed by atoms with E-state index in [4.69, 9.17) is 16.3 Å². The highest BCUT2D eigenvalue weighted by molar-refractivity contribution is 6.30. The van der Waals surface area contributed by atoms with Gasteiger partial charge >= 0.3 is 5.97 Å². The number of rotatable bonds is 5. The smallest absolute Gasteiger partial charge is 0.323 e. The second kappa shape index (κ2) is 6.62. The van der Waals surface area contributed by atoms with E-state index in [1.165, 1.54) is 7.11 Å². The molecule has 1 unspecified atom stereocenters. The van der Waals surface area contributed by atoms with E-state index in [1.54, 1.807) is 0 Å². The fourth-order valence-corrected chi connectivity index (χ4v) is 1.67. The lowest BCUT2D eigenvalue weighted by molar-refractivity contribution is -0.144. The Morgan fingerprint density at radius 2 is 1.94 bits per heavy atom. The van der Waals surface area contributed by atoms with Gasteiger partial charge in [-0.25, -0.2) is 0 Å². The monoisotopic (exact) mass is 255 g/mol. The summed E-state index contributed by atoms with van der Waals surface area (Å²) in [7, 11) is 1.40. The van der Waals surface area contributed by atoms with E-state index < -0.39 is 0 Å². The van der Waals surface area contributed by atoms with Gasteiger partial charge in [0.1, 0.15) is 6.04 Å². The van der Waals surface area contributed by atoms with E-state index >= 15 is 0 Å². The first-order chi connectivity index (χ1) is 8.04. The zero-order valence-corrected chi connectivity index (χ0v) is 11.1. The quantitative estimate of drug-likeness (QED) is 0.822. The third-order valence-corrected chi connectivity index (χ3v) is 2.81. The first kappa shape index (κ1) is 14.0. The van der Waals surface area contributed by atoms with Crippen LogP contribution in [0.5, 0.6) is 0 Å². The molecule has 17 heavy (non-hydrogen) atoms. The van der Waals surface area contributed by atoms with Gasteiger partial charge in [0.05, 0.1) is 7.11 Å². The molecule has 0 saturated heterocycles. The lowest BCUT2D eigenvalue weighted by Gasteiger charge is -2.19. The van der Waals surface area contributed by atoms with Gasteiger partial charge in [-0.1, -0.05) is 37.6 Å². The maximum absolute atomic E-state index is 11.5. The molecule has 0 aromatic heterocycles. The van der Waals surface area contributed by atoms with Crippen LogP contribution in [-0.2, 0) is 16.1 Å². The third kappa shape index (κ3) is 4.36. The average molecular weight is 256 g/mol. The topological polar surface area (TPSA) is 38.3 Å². The van der Waals surface area contributed by atoms with Crippen LogP contribution in [0.1, 0.15) is 19.4 Å². The summed E-state index contributed by atoms with van der Waals surface area (Å²) in [6.07, 6.45) is 0. The van der Waals surface area contributed by atoms with E-state index in [9.17, 15) is 4.79 Å². The van der Waals surface area contributed by atoms with E-state index in [2.05, 4.69) is 5.32 Å². The molecule has 1 aromatic rings. The number of carbonyl (C=O) groups excluding carboxylic acids is 1. The summed E-state index contributed by atoms with van der Waals surface area (Å²) in [5.74, 6) is -0.0382. The summed E-state index contributed by atoms with van der Waals surface area (Å²) in [5.41, 5.74) is 1.09. The van der Waals surface area contributed by atoms with Crippen molar-refractivity contribution in [3.05, 3.63) is 34.9 Å². The summed E-state index contributed by atoms with van der Waals surface area (Å²) >= 11 is 5.80. The molecule has 0 amide bonds. The number of halogens is 1. The van der Waals surface area contributed by atoms with Crippen molar-refractivity contribution in [2.75, 3.05) is 7.11 Å². The molecule has 0 aliphatic heterocycles. The summed E-state index contributed by atoms with van der Waals surface area (Å²) in [5, 5.41) is 3.90. The Morgan fingerprint density at radius 3 is 2.41 bits per heavy atom. The molecule has 0 fully saturated rings. The molecule has 1 aromatic carbocycles. The van der Waals surface area contributed by atoms with Crippen LogP contribution in [0.2, 0.25) is 5.02 Å². The molecular formula is C13H18ClNO2. The summed E-state index contributed by atoms with van der Waals surface area (Å²) in [4.78, 5) is 11.5. The van der Waals surface area contributed by atoms with E-state index in [0.717, 1.165) is 5.56 Å². The van der Waals surface area contributed by atoms with Crippen LogP contribution in [0.15, 0.2) is 24.3 Å². The van der Waals surface area contributed by atoms with Crippen molar-refractivity contribution in [1.82, 2.24) is 5.32 Å². The van der Waals surface area contributed by atoms with E-state index in [0.29, 0.717) is 11.6 Å². The zero-order chi connectivity index (χ0) is 12.8. The number of ether oxygens (including phenoxy) is 1. The molecule has 0 radical (unpaired) electrons. The molecule has 1 N–H and O–H groups in total. The average Bonchev–Trinajstić information content (AvgIpc) is 2.31. The van der Waals surface area contributed by atoms with Gasteiger partial charge in [-0.05, 0) is 23.6 Å². The Bertz CT molecular complexity index is 362. The number of esters is 1. The molecule has 0 bridgehead atoms. The van der Waals surface area contributed by atoms with Crippen molar-refractivity contribution >= 4 is 17.6 Å². The first-order valence-electron chi connectivity index (χ1n) is 5.60. The molecule has 1 atom stereocenters. The number of methoxy groups -OCH3 is 1. The number of nitrogens with one attached hydrogen (secondary N) is 1. The van der Waals surface area contributed by atoms with Crippen molar-refractivity contribution in [2.45, 2.75) is 26.4 Å². The molecule has 1 rings (SSSR count). The van der Waals surface area contributed by atoms with Crippen LogP contribution in [-0.4, -0.2) is 19.1 Å². The maximum atomic E-state index is 11.5. The second-order valence-electron chi connectivity index (χ2n) is 4.25. The lowest BCUT2D eigenvalue weighted by atomic mass is 10.0. The minimum Gasteiger partial charge on any atom is -0.468 e. The summed E-state index contributed by atoms with van der Waals surface area (Å²) in [6.45, 7) is 4.59. The van der Waals surface area contributed by atoms with Crippen LogP contribution >= 0.6 is 11.6 Å². The van der Waals surface area contributed by atoms with Gasteiger partial charge in [0, 0.05) is 11.6 Å². The molecule has 0 aliphatic carbocycles. The number of carbonyl (C=O) groups is 1. The van der Waals surface area contributed by atoms with Gasteiger partial charge in [0.25, 0.3) is 0 Å². The van der Waals surface area contributed by atoms with Crippen molar-refractivity contribution in [3.63, 3.8) is 0 Å². The van der Waals surface area contributed by atoms with Crippen molar-refractivity contribution < 1.29 is 9.53 Å². The SMILES string of the molecule is COC(=O)C(NCc1ccc(Cl)cc1)C(C)C. The molecular weight excluding hydrogens is 238 g/mol. The molecule has 4 heteroatoms. The van der Waals surface area contributed by atoms with Crippen molar-refractivity contribution in [2.24, 2.45) is 5.92 Å². The van der Waals surface area contributed by atoms with E-state index in [-0.39, 0.29) is 17.9 Å². The van der Waals surface area contributed by atoms with Gasteiger partial charge < -0.3 is 10.1 Å². The predicted octanol–water partition coefficient (Wildman–Crippen LogP) is 2.63. The Kier molecular flexibility index (Phi) is 5.45. The van der Waals surface area contributed by atoms with Crippen LogP contribution in [0.3, 0.4) is 0 Å². The molecule has 0 spiro atoms. The van der Waals surface area contributed by atoms with Gasteiger partial charge in [-0.3, -0.25) is 4.79 Å². The summed E-state index contributed by atoms with van der Waals surface area (Å²) < 4.78 is 4.76.